The third-order valence-electron chi connectivity index (χ3n) is 4.44. The molecule has 1 aliphatic rings. The van der Waals surface area contributed by atoms with Gasteiger partial charge in [-0.3, -0.25) is 9.59 Å². The maximum Gasteiger partial charge on any atom is 0.254 e. The van der Waals surface area contributed by atoms with Crippen LogP contribution in [-0.2, 0) is 17.9 Å². The summed E-state index contributed by atoms with van der Waals surface area (Å²) in [5.41, 5.74) is 3.08. The molecular weight excluding hydrogens is 290 g/mol. The van der Waals surface area contributed by atoms with Crippen LogP contribution in [0.3, 0.4) is 0 Å². The molecule has 0 aliphatic carbocycles. The summed E-state index contributed by atoms with van der Waals surface area (Å²) in [7, 11) is 0. The molecule has 3 rings (SSSR count). The largest absolute Gasteiger partial charge is 0.369 e. The van der Waals surface area contributed by atoms with Gasteiger partial charge in [0.15, 0.2) is 5.78 Å². The van der Waals surface area contributed by atoms with Crippen molar-refractivity contribution in [2.24, 2.45) is 0 Å². The average Bonchev–Trinajstić information content (AvgIpc) is 2.94. The number of pyridine rings is 1. The molecule has 1 aromatic heterocycles. The standard InChI is InChI=1S/C19H21NO3/c1-3-18(23-12-14-7-5-4-6-8-14)15-11-16-17(21)9-10-20(16)19(22)13(15)2/h4-8,11,18H,3,9-10,12H2,1-2H3. The van der Waals surface area contributed by atoms with Gasteiger partial charge in [0.25, 0.3) is 5.56 Å². The highest BCUT2D eigenvalue weighted by molar-refractivity contribution is 5.96. The van der Waals surface area contributed by atoms with Gasteiger partial charge in [-0.15, -0.1) is 0 Å². The molecule has 2 heterocycles. The predicted molar refractivity (Wildman–Crippen MR) is 88.6 cm³/mol. The van der Waals surface area contributed by atoms with Crippen LogP contribution >= 0.6 is 0 Å². The topological polar surface area (TPSA) is 48.3 Å². The minimum absolute atomic E-state index is 0.0428. The minimum Gasteiger partial charge on any atom is -0.369 e. The minimum atomic E-state index is -0.179. The van der Waals surface area contributed by atoms with Crippen LogP contribution < -0.4 is 5.56 Å². The SMILES string of the molecule is CCC(OCc1ccccc1)c1cc2n(c(=O)c1C)CCC2=O. The molecule has 0 fully saturated rings. The number of Topliss-reactive ketones (excluding diaryl/α,β-unsaturated/α-hetero) is 1. The highest BCUT2D eigenvalue weighted by atomic mass is 16.5. The number of hydrogen-bond acceptors (Lipinski definition) is 3. The van der Waals surface area contributed by atoms with E-state index in [4.69, 9.17) is 4.74 Å². The lowest BCUT2D eigenvalue weighted by molar-refractivity contribution is 0.0365. The van der Waals surface area contributed by atoms with Gasteiger partial charge in [0.2, 0.25) is 0 Å². The van der Waals surface area contributed by atoms with Gasteiger partial charge in [0.05, 0.1) is 18.4 Å². The Morgan fingerprint density at radius 1 is 1.22 bits per heavy atom. The number of hydrogen-bond donors (Lipinski definition) is 0. The highest BCUT2D eigenvalue weighted by Crippen LogP contribution is 2.27. The number of benzene rings is 1. The van der Waals surface area contributed by atoms with E-state index in [1.54, 1.807) is 4.57 Å². The molecule has 0 amide bonds. The normalized spacial score (nSPS) is 14.8. The molecule has 0 N–H and O–H groups in total. The van der Waals surface area contributed by atoms with Crippen molar-refractivity contribution in [2.45, 2.75) is 45.9 Å². The number of fused-ring (bicyclic) bond motifs is 1. The molecule has 4 nitrogen and oxygen atoms in total. The van der Waals surface area contributed by atoms with E-state index in [9.17, 15) is 9.59 Å². The summed E-state index contributed by atoms with van der Waals surface area (Å²) >= 11 is 0. The van der Waals surface area contributed by atoms with Crippen molar-refractivity contribution in [3.63, 3.8) is 0 Å². The van der Waals surface area contributed by atoms with Crippen LogP contribution in [0.25, 0.3) is 0 Å². The highest BCUT2D eigenvalue weighted by Gasteiger charge is 2.25. The first-order chi connectivity index (χ1) is 11.1. The zero-order valence-electron chi connectivity index (χ0n) is 13.5. The van der Waals surface area contributed by atoms with E-state index in [0.29, 0.717) is 30.8 Å². The van der Waals surface area contributed by atoms with Crippen molar-refractivity contribution in [1.29, 1.82) is 0 Å². The molecule has 1 aromatic carbocycles. The fourth-order valence-corrected chi connectivity index (χ4v) is 3.10. The van der Waals surface area contributed by atoms with Crippen LogP contribution in [0.2, 0.25) is 0 Å². The summed E-state index contributed by atoms with van der Waals surface area (Å²) in [6.45, 7) is 4.84. The van der Waals surface area contributed by atoms with Gasteiger partial charge < -0.3 is 9.30 Å². The van der Waals surface area contributed by atoms with Crippen molar-refractivity contribution in [3.8, 4) is 0 Å². The second kappa shape index (κ2) is 6.50. The van der Waals surface area contributed by atoms with Gasteiger partial charge in [-0.05, 0) is 30.5 Å². The maximum absolute atomic E-state index is 12.5. The number of rotatable bonds is 5. The van der Waals surface area contributed by atoms with Crippen molar-refractivity contribution in [1.82, 2.24) is 4.57 Å². The fraction of sp³-hybridized carbons (Fsp3) is 0.368. The lowest BCUT2D eigenvalue weighted by atomic mass is 10.0. The Bertz CT molecular complexity index is 777. The smallest absolute Gasteiger partial charge is 0.254 e. The van der Waals surface area contributed by atoms with Gasteiger partial charge in [0.1, 0.15) is 0 Å². The molecule has 120 valence electrons. The summed E-state index contributed by atoms with van der Waals surface area (Å²) in [5, 5.41) is 0. The molecule has 0 bridgehead atoms. The third-order valence-corrected chi connectivity index (χ3v) is 4.44. The van der Waals surface area contributed by atoms with Crippen LogP contribution in [-0.4, -0.2) is 10.4 Å². The molecule has 1 unspecified atom stereocenters. The number of ether oxygens (including phenoxy) is 1. The van der Waals surface area contributed by atoms with Crippen LogP contribution in [0.1, 0.15) is 53.0 Å². The number of carbonyl (C=O) groups excluding carboxylic acids is 1. The molecule has 0 spiro atoms. The monoisotopic (exact) mass is 311 g/mol. The van der Waals surface area contributed by atoms with E-state index in [2.05, 4.69) is 0 Å². The van der Waals surface area contributed by atoms with Crippen LogP contribution in [0.4, 0.5) is 0 Å². The Morgan fingerprint density at radius 3 is 2.65 bits per heavy atom. The second-order valence-electron chi connectivity index (χ2n) is 5.93. The molecule has 0 saturated carbocycles. The van der Waals surface area contributed by atoms with E-state index in [0.717, 1.165) is 17.5 Å². The van der Waals surface area contributed by atoms with Gasteiger partial charge in [0, 0.05) is 18.5 Å². The molecule has 1 aliphatic heterocycles. The fourth-order valence-electron chi connectivity index (χ4n) is 3.10. The van der Waals surface area contributed by atoms with Gasteiger partial charge >= 0.3 is 0 Å². The summed E-state index contributed by atoms with van der Waals surface area (Å²) < 4.78 is 7.62. The molecule has 0 saturated heterocycles. The Hall–Kier alpha value is -2.20. The van der Waals surface area contributed by atoms with E-state index < -0.39 is 0 Å². The summed E-state index contributed by atoms with van der Waals surface area (Å²) in [4.78, 5) is 24.4. The number of aromatic nitrogens is 1. The predicted octanol–water partition coefficient (Wildman–Crippen LogP) is 3.41. The van der Waals surface area contributed by atoms with Crippen LogP contribution in [0.15, 0.2) is 41.2 Å². The maximum atomic E-state index is 12.5. The zero-order chi connectivity index (χ0) is 16.4. The summed E-state index contributed by atoms with van der Waals surface area (Å²) in [6, 6.07) is 11.8. The first kappa shape index (κ1) is 15.7. The Balaban J connectivity index is 1.90. The summed E-state index contributed by atoms with van der Waals surface area (Å²) in [5.74, 6) is 0.0428. The average molecular weight is 311 g/mol. The zero-order valence-corrected chi connectivity index (χ0v) is 13.5. The molecule has 0 radical (unpaired) electrons. The first-order valence-electron chi connectivity index (χ1n) is 8.05. The van der Waals surface area contributed by atoms with E-state index in [1.165, 1.54) is 0 Å². The van der Waals surface area contributed by atoms with E-state index in [1.807, 2.05) is 50.2 Å². The Kier molecular flexibility index (Phi) is 4.44. The van der Waals surface area contributed by atoms with Gasteiger partial charge in [-0.1, -0.05) is 37.3 Å². The van der Waals surface area contributed by atoms with Crippen LogP contribution in [0.5, 0.6) is 0 Å². The molecule has 23 heavy (non-hydrogen) atoms. The molecule has 4 heteroatoms. The van der Waals surface area contributed by atoms with Crippen molar-refractivity contribution in [2.75, 3.05) is 0 Å². The number of ketones is 1. The quantitative estimate of drug-likeness (QED) is 0.850. The van der Waals surface area contributed by atoms with Gasteiger partial charge in [-0.2, -0.15) is 0 Å². The number of nitrogens with zero attached hydrogens (tertiary/aromatic N) is 1. The molecule has 2 aromatic rings. The number of carbonyl (C=O) groups is 1. The molecular formula is C19H21NO3. The van der Waals surface area contributed by atoms with E-state index >= 15 is 0 Å². The molecule has 1 atom stereocenters. The van der Waals surface area contributed by atoms with Crippen molar-refractivity contribution >= 4 is 5.78 Å². The van der Waals surface area contributed by atoms with Crippen LogP contribution in [0, 0.1) is 6.92 Å². The Labute approximate surface area is 135 Å². The Morgan fingerprint density at radius 2 is 1.96 bits per heavy atom. The van der Waals surface area contributed by atoms with Gasteiger partial charge in [-0.25, -0.2) is 0 Å². The third kappa shape index (κ3) is 2.99. The summed E-state index contributed by atoms with van der Waals surface area (Å²) in [6.07, 6.45) is 0.993. The van der Waals surface area contributed by atoms with Crippen molar-refractivity contribution < 1.29 is 9.53 Å². The lowest BCUT2D eigenvalue weighted by Crippen LogP contribution is -2.25. The van der Waals surface area contributed by atoms with Crippen molar-refractivity contribution in [3.05, 3.63) is 69.1 Å². The van der Waals surface area contributed by atoms with E-state index in [-0.39, 0.29) is 17.4 Å². The first-order valence-corrected chi connectivity index (χ1v) is 8.05. The second-order valence-corrected chi connectivity index (χ2v) is 5.93. The lowest BCUT2D eigenvalue weighted by Gasteiger charge is -2.20.